The molecule has 7 nitrogen and oxygen atoms in total. The van der Waals surface area contributed by atoms with Gasteiger partial charge in [-0.2, -0.15) is 0 Å². The van der Waals surface area contributed by atoms with Crippen LogP contribution in [0.3, 0.4) is 0 Å². The third kappa shape index (κ3) is 4.57. The monoisotopic (exact) mass is 328 g/mol. The summed E-state index contributed by atoms with van der Waals surface area (Å²) in [5, 5.41) is 3.62. The summed E-state index contributed by atoms with van der Waals surface area (Å²) in [6.07, 6.45) is 0. The summed E-state index contributed by atoms with van der Waals surface area (Å²) in [6.45, 7) is 1.29. The van der Waals surface area contributed by atoms with E-state index in [1.165, 1.54) is 31.2 Å². The molecule has 0 unspecified atom stereocenters. The van der Waals surface area contributed by atoms with Crippen LogP contribution in [0.15, 0.2) is 53.7 Å². The normalized spacial score (nSPS) is 10.8. The van der Waals surface area contributed by atoms with Crippen LogP contribution in [-0.4, -0.2) is 24.9 Å². The van der Waals surface area contributed by atoms with Crippen molar-refractivity contribution in [2.75, 3.05) is 7.11 Å². The van der Waals surface area contributed by atoms with Crippen LogP contribution in [0.5, 0.6) is 11.5 Å². The van der Waals surface area contributed by atoms with Gasteiger partial charge in [0.25, 0.3) is 0 Å². The Labute approximate surface area is 138 Å². The minimum atomic E-state index is -0.680. The molecule has 0 aliphatic carbocycles. The SMILES string of the molecule is COc1ccc(C(N)=NOC(=O)c2ccc(OC(C)=O)cc2)cc1. The maximum Gasteiger partial charge on any atom is 0.365 e. The molecular weight excluding hydrogens is 312 g/mol. The molecule has 2 rings (SSSR count). The average molecular weight is 328 g/mol. The molecule has 2 N–H and O–H groups in total. The lowest BCUT2D eigenvalue weighted by atomic mass is 10.2. The zero-order valence-electron chi connectivity index (χ0n) is 13.2. The molecule has 0 aromatic heterocycles. The summed E-state index contributed by atoms with van der Waals surface area (Å²) in [6, 6.07) is 12.7. The molecule has 2 aromatic rings. The quantitative estimate of drug-likeness (QED) is 0.225. The third-order valence-electron chi connectivity index (χ3n) is 2.96. The van der Waals surface area contributed by atoms with Crippen molar-refractivity contribution < 1.29 is 23.9 Å². The molecule has 24 heavy (non-hydrogen) atoms. The van der Waals surface area contributed by atoms with Crippen molar-refractivity contribution in [3.05, 3.63) is 59.7 Å². The van der Waals surface area contributed by atoms with Crippen molar-refractivity contribution in [3.63, 3.8) is 0 Å². The number of rotatable bonds is 5. The van der Waals surface area contributed by atoms with Crippen LogP contribution in [0, 0.1) is 0 Å². The Morgan fingerprint density at radius 1 is 0.917 bits per heavy atom. The van der Waals surface area contributed by atoms with Crippen molar-refractivity contribution >= 4 is 17.8 Å². The number of nitrogens with two attached hydrogens (primary N) is 1. The van der Waals surface area contributed by atoms with E-state index in [0.29, 0.717) is 17.1 Å². The number of ether oxygens (including phenoxy) is 2. The van der Waals surface area contributed by atoms with Gasteiger partial charge in [-0.3, -0.25) is 4.79 Å². The van der Waals surface area contributed by atoms with Crippen LogP contribution in [0.25, 0.3) is 0 Å². The van der Waals surface area contributed by atoms with Gasteiger partial charge >= 0.3 is 11.9 Å². The van der Waals surface area contributed by atoms with E-state index in [0.717, 1.165) is 0 Å². The lowest BCUT2D eigenvalue weighted by Gasteiger charge is -2.04. The molecule has 0 saturated heterocycles. The number of oxime groups is 1. The molecule has 0 atom stereocenters. The summed E-state index contributed by atoms with van der Waals surface area (Å²) < 4.78 is 9.92. The average Bonchev–Trinajstić information content (AvgIpc) is 2.59. The highest BCUT2D eigenvalue weighted by Gasteiger charge is 2.09. The molecule has 0 amide bonds. The van der Waals surface area contributed by atoms with Gasteiger partial charge in [0.15, 0.2) is 5.84 Å². The van der Waals surface area contributed by atoms with E-state index in [4.69, 9.17) is 20.0 Å². The molecule has 0 bridgehead atoms. The van der Waals surface area contributed by atoms with Gasteiger partial charge in [-0.05, 0) is 48.5 Å². The van der Waals surface area contributed by atoms with Crippen molar-refractivity contribution in [2.24, 2.45) is 10.9 Å². The van der Waals surface area contributed by atoms with Gasteiger partial charge in [-0.15, -0.1) is 0 Å². The Morgan fingerprint density at radius 2 is 1.46 bits per heavy atom. The summed E-state index contributed by atoms with van der Waals surface area (Å²) in [5.74, 6) is -0.0534. The zero-order valence-corrected chi connectivity index (χ0v) is 13.2. The molecule has 0 spiro atoms. The molecule has 124 valence electrons. The standard InChI is InChI=1S/C17H16N2O5/c1-11(20)23-15-9-5-13(6-10-15)17(21)24-19-16(18)12-3-7-14(22-2)8-4-12/h3-10H,1-2H3,(H2,18,19). The number of amidine groups is 1. The molecule has 0 heterocycles. The lowest BCUT2D eigenvalue weighted by molar-refractivity contribution is -0.131. The lowest BCUT2D eigenvalue weighted by Crippen LogP contribution is -2.15. The fourth-order valence-corrected chi connectivity index (χ4v) is 1.78. The first-order valence-corrected chi connectivity index (χ1v) is 6.97. The Hall–Kier alpha value is -3.35. The van der Waals surface area contributed by atoms with E-state index < -0.39 is 11.9 Å². The van der Waals surface area contributed by atoms with E-state index in [2.05, 4.69) is 5.16 Å². The van der Waals surface area contributed by atoms with Crippen LogP contribution in [-0.2, 0) is 9.63 Å². The summed E-state index contributed by atoms with van der Waals surface area (Å²) >= 11 is 0. The van der Waals surface area contributed by atoms with Gasteiger partial charge in [0.2, 0.25) is 0 Å². The van der Waals surface area contributed by atoms with Gasteiger partial charge in [-0.25, -0.2) is 4.79 Å². The number of methoxy groups -OCH3 is 1. The predicted octanol–water partition coefficient (Wildman–Crippen LogP) is 2.10. The fraction of sp³-hybridized carbons (Fsp3) is 0.118. The largest absolute Gasteiger partial charge is 0.497 e. The number of hydrogen-bond donors (Lipinski definition) is 1. The number of nitrogens with zero attached hydrogens (tertiary/aromatic N) is 1. The highest BCUT2D eigenvalue weighted by Crippen LogP contribution is 2.14. The smallest absolute Gasteiger partial charge is 0.365 e. The summed E-state index contributed by atoms with van der Waals surface area (Å²) in [7, 11) is 1.56. The minimum absolute atomic E-state index is 0.0579. The van der Waals surface area contributed by atoms with Crippen molar-refractivity contribution in [1.82, 2.24) is 0 Å². The van der Waals surface area contributed by atoms with Crippen LogP contribution < -0.4 is 15.2 Å². The maximum atomic E-state index is 11.9. The zero-order chi connectivity index (χ0) is 17.5. The Kier molecular flexibility index (Phi) is 5.51. The van der Waals surface area contributed by atoms with E-state index in [1.54, 1.807) is 31.4 Å². The first-order valence-electron chi connectivity index (χ1n) is 6.97. The second-order valence-corrected chi connectivity index (χ2v) is 4.70. The molecular formula is C17H16N2O5. The van der Waals surface area contributed by atoms with Gasteiger partial charge < -0.3 is 20.0 Å². The molecule has 0 saturated carbocycles. The molecule has 0 fully saturated rings. The number of benzene rings is 2. The van der Waals surface area contributed by atoms with Crippen molar-refractivity contribution in [2.45, 2.75) is 6.92 Å². The van der Waals surface area contributed by atoms with Gasteiger partial charge in [0, 0.05) is 12.5 Å². The Bertz CT molecular complexity index is 752. The molecule has 0 aliphatic rings. The van der Waals surface area contributed by atoms with Crippen molar-refractivity contribution in [3.8, 4) is 11.5 Å². The highest BCUT2D eigenvalue weighted by atomic mass is 16.7. The van der Waals surface area contributed by atoms with Gasteiger partial charge in [-0.1, -0.05) is 5.16 Å². The molecule has 2 aromatic carbocycles. The van der Waals surface area contributed by atoms with Gasteiger partial charge in [0.05, 0.1) is 12.7 Å². The fourth-order valence-electron chi connectivity index (χ4n) is 1.78. The number of carbonyl (C=O) groups excluding carboxylic acids is 2. The van der Waals surface area contributed by atoms with Crippen molar-refractivity contribution in [1.29, 1.82) is 0 Å². The Morgan fingerprint density at radius 3 is 2.00 bits per heavy atom. The summed E-state index contributed by atoms with van der Waals surface area (Å²) in [4.78, 5) is 27.5. The number of hydrogen-bond acceptors (Lipinski definition) is 6. The van der Waals surface area contributed by atoms with E-state index in [9.17, 15) is 9.59 Å². The van der Waals surface area contributed by atoms with Crippen LogP contribution in [0.4, 0.5) is 0 Å². The predicted molar refractivity (Wildman–Crippen MR) is 86.9 cm³/mol. The topological polar surface area (TPSA) is 100 Å². The highest BCUT2D eigenvalue weighted by molar-refractivity contribution is 5.98. The molecule has 0 aliphatic heterocycles. The van der Waals surface area contributed by atoms with E-state index in [1.807, 2.05) is 0 Å². The third-order valence-corrected chi connectivity index (χ3v) is 2.96. The summed E-state index contributed by atoms with van der Waals surface area (Å²) in [5.41, 5.74) is 6.61. The first-order chi connectivity index (χ1) is 11.5. The minimum Gasteiger partial charge on any atom is -0.497 e. The van der Waals surface area contributed by atoms with Crippen LogP contribution in [0.2, 0.25) is 0 Å². The van der Waals surface area contributed by atoms with Crippen LogP contribution in [0.1, 0.15) is 22.8 Å². The molecule has 7 heteroatoms. The van der Waals surface area contributed by atoms with Crippen LogP contribution >= 0.6 is 0 Å². The number of carbonyl (C=O) groups is 2. The second-order valence-electron chi connectivity index (χ2n) is 4.70. The van der Waals surface area contributed by atoms with Gasteiger partial charge in [0.1, 0.15) is 11.5 Å². The molecule has 0 radical (unpaired) electrons. The first kappa shape index (κ1) is 17.0. The van der Waals surface area contributed by atoms with E-state index >= 15 is 0 Å². The second kappa shape index (κ2) is 7.77. The maximum absolute atomic E-state index is 11.9. The number of esters is 1. The Balaban J connectivity index is 2.01. The van der Waals surface area contributed by atoms with E-state index in [-0.39, 0.29) is 11.4 Å².